The number of nitrogens with zero attached hydrogens (tertiary/aromatic N) is 1. The van der Waals surface area contributed by atoms with Crippen LogP contribution in [0.15, 0.2) is 23.1 Å². The molecule has 0 radical (unpaired) electrons. The summed E-state index contributed by atoms with van der Waals surface area (Å²) in [6, 6.07) is 3.61. The summed E-state index contributed by atoms with van der Waals surface area (Å²) in [5.41, 5.74) is 5.97. The summed E-state index contributed by atoms with van der Waals surface area (Å²) in [5.74, 6) is -0.549. The molecule has 0 saturated carbocycles. The summed E-state index contributed by atoms with van der Waals surface area (Å²) in [5, 5.41) is 0. The van der Waals surface area contributed by atoms with Crippen LogP contribution < -0.4 is 5.73 Å². The predicted molar refractivity (Wildman–Crippen MR) is 73.8 cm³/mol. The van der Waals surface area contributed by atoms with E-state index in [1.165, 1.54) is 16.4 Å². The highest BCUT2D eigenvalue weighted by Crippen LogP contribution is 2.22. The van der Waals surface area contributed by atoms with E-state index in [4.69, 9.17) is 5.73 Å². The fourth-order valence-electron chi connectivity index (χ4n) is 1.88. The van der Waals surface area contributed by atoms with Gasteiger partial charge >= 0.3 is 0 Å². The molecule has 4 nitrogen and oxygen atoms in total. The number of nitrogens with two attached hydrogens (primary N) is 1. The molecular weight excluding hydrogens is 267 g/mol. The zero-order chi connectivity index (χ0) is 14.6. The van der Waals surface area contributed by atoms with Crippen molar-refractivity contribution < 1.29 is 12.8 Å². The van der Waals surface area contributed by atoms with Gasteiger partial charge in [0.15, 0.2) is 0 Å². The van der Waals surface area contributed by atoms with E-state index in [9.17, 15) is 12.8 Å². The highest BCUT2D eigenvalue weighted by Gasteiger charge is 2.28. The van der Waals surface area contributed by atoms with E-state index in [1.807, 2.05) is 0 Å². The lowest BCUT2D eigenvalue weighted by atomic mass is 10.2. The first-order valence-corrected chi connectivity index (χ1v) is 7.72. The summed E-state index contributed by atoms with van der Waals surface area (Å²) in [4.78, 5) is 0.0261. The van der Waals surface area contributed by atoms with Crippen molar-refractivity contribution >= 4 is 10.0 Å². The van der Waals surface area contributed by atoms with Gasteiger partial charge in [0.2, 0.25) is 10.0 Å². The highest BCUT2D eigenvalue weighted by molar-refractivity contribution is 7.89. The minimum atomic E-state index is -3.69. The van der Waals surface area contributed by atoms with Gasteiger partial charge in [-0.1, -0.05) is 6.07 Å². The molecule has 0 saturated heterocycles. The second-order valence-corrected chi connectivity index (χ2v) is 6.62. The summed E-state index contributed by atoms with van der Waals surface area (Å²) < 4.78 is 39.8. The van der Waals surface area contributed by atoms with E-state index in [1.54, 1.807) is 20.8 Å². The quantitative estimate of drug-likeness (QED) is 0.869. The van der Waals surface area contributed by atoms with Crippen molar-refractivity contribution in [2.45, 2.75) is 38.1 Å². The molecule has 0 bridgehead atoms. The first-order chi connectivity index (χ1) is 8.80. The lowest BCUT2D eigenvalue weighted by Crippen LogP contribution is -2.38. The Hall–Kier alpha value is -0.980. The normalized spacial score (nSPS) is 12.4. The van der Waals surface area contributed by atoms with Crippen LogP contribution in [-0.4, -0.2) is 31.9 Å². The number of aryl methyl sites for hydroxylation is 1. The minimum Gasteiger partial charge on any atom is -0.330 e. The van der Waals surface area contributed by atoms with Gasteiger partial charge < -0.3 is 5.73 Å². The van der Waals surface area contributed by atoms with Crippen LogP contribution in [0, 0.1) is 12.7 Å². The van der Waals surface area contributed by atoms with Crippen LogP contribution >= 0.6 is 0 Å². The average molecular weight is 288 g/mol. The van der Waals surface area contributed by atoms with Gasteiger partial charge in [-0.05, 0) is 51.4 Å². The Labute approximate surface area is 114 Å². The number of rotatable bonds is 6. The van der Waals surface area contributed by atoms with Crippen LogP contribution in [0.1, 0.15) is 25.8 Å². The second kappa shape index (κ2) is 6.45. The van der Waals surface area contributed by atoms with E-state index < -0.39 is 15.8 Å². The highest BCUT2D eigenvalue weighted by atomic mass is 32.2. The van der Waals surface area contributed by atoms with Gasteiger partial charge in [0, 0.05) is 12.6 Å². The molecule has 0 atom stereocenters. The van der Waals surface area contributed by atoms with Gasteiger partial charge in [-0.25, -0.2) is 12.8 Å². The zero-order valence-electron chi connectivity index (χ0n) is 11.6. The number of hydrogen-bond acceptors (Lipinski definition) is 3. The zero-order valence-corrected chi connectivity index (χ0v) is 12.4. The number of hydrogen-bond donors (Lipinski definition) is 1. The van der Waals surface area contributed by atoms with Crippen LogP contribution in [0.3, 0.4) is 0 Å². The summed E-state index contributed by atoms with van der Waals surface area (Å²) in [7, 11) is -3.69. The van der Waals surface area contributed by atoms with Crippen molar-refractivity contribution in [1.29, 1.82) is 0 Å². The summed E-state index contributed by atoms with van der Waals surface area (Å²) in [6.07, 6.45) is 0.575. The number of benzene rings is 1. The Balaban J connectivity index is 3.22. The van der Waals surface area contributed by atoms with Crippen molar-refractivity contribution in [3.05, 3.63) is 29.6 Å². The maximum atomic E-state index is 13.3. The second-order valence-electron chi connectivity index (χ2n) is 4.76. The fraction of sp³-hybridized carbons (Fsp3) is 0.538. The Morgan fingerprint density at radius 3 is 2.53 bits per heavy atom. The van der Waals surface area contributed by atoms with Crippen molar-refractivity contribution in [3.8, 4) is 0 Å². The molecule has 0 heterocycles. The van der Waals surface area contributed by atoms with Crippen molar-refractivity contribution in [3.63, 3.8) is 0 Å². The Morgan fingerprint density at radius 2 is 2.00 bits per heavy atom. The van der Waals surface area contributed by atoms with E-state index in [0.29, 0.717) is 25.1 Å². The largest absolute Gasteiger partial charge is 0.330 e. The van der Waals surface area contributed by atoms with Gasteiger partial charge in [-0.2, -0.15) is 4.31 Å². The van der Waals surface area contributed by atoms with Gasteiger partial charge in [0.25, 0.3) is 0 Å². The molecule has 0 aliphatic heterocycles. The first-order valence-electron chi connectivity index (χ1n) is 6.28. The molecule has 0 aliphatic rings. The monoisotopic (exact) mass is 288 g/mol. The molecule has 19 heavy (non-hydrogen) atoms. The van der Waals surface area contributed by atoms with Crippen LogP contribution in [0.2, 0.25) is 0 Å². The van der Waals surface area contributed by atoms with Crippen LogP contribution in [0.4, 0.5) is 4.39 Å². The Morgan fingerprint density at radius 1 is 1.37 bits per heavy atom. The molecule has 2 N–H and O–H groups in total. The fourth-order valence-corrected chi connectivity index (χ4v) is 3.79. The van der Waals surface area contributed by atoms with Crippen LogP contribution in [0.5, 0.6) is 0 Å². The van der Waals surface area contributed by atoms with Gasteiger partial charge in [-0.3, -0.25) is 0 Å². The maximum Gasteiger partial charge on any atom is 0.243 e. The maximum absolute atomic E-state index is 13.3. The third kappa shape index (κ3) is 3.75. The lowest BCUT2D eigenvalue weighted by molar-refractivity contribution is 0.350. The molecule has 6 heteroatoms. The third-order valence-electron chi connectivity index (χ3n) is 2.90. The van der Waals surface area contributed by atoms with Gasteiger partial charge in [0.1, 0.15) is 5.82 Å². The lowest BCUT2D eigenvalue weighted by Gasteiger charge is -2.26. The molecule has 1 rings (SSSR count). The van der Waals surface area contributed by atoms with E-state index in [2.05, 4.69) is 0 Å². The van der Waals surface area contributed by atoms with Gasteiger partial charge in [0.05, 0.1) is 4.90 Å². The van der Waals surface area contributed by atoms with Gasteiger partial charge in [-0.15, -0.1) is 0 Å². The van der Waals surface area contributed by atoms with Crippen molar-refractivity contribution in [2.24, 2.45) is 5.73 Å². The molecule has 0 amide bonds. The molecule has 108 valence electrons. The summed E-state index contributed by atoms with van der Waals surface area (Å²) >= 11 is 0. The number of sulfonamides is 1. The first kappa shape index (κ1) is 16.1. The van der Waals surface area contributed by atoms with Crippen molar-refractivity contribution in [2.75, 3.05) is 13.1 Å². The van der Waals surface area contributed by atoms with E-state index in [-0.39, 0.29) is 10.9 Å². The van der Waals surface area contributed by atoms with E-state index in [0.717, 1.165) is 6.07 Å². The molecule has 0 spiro atoms. The standard InChI is InChI=1S/C13H21FN2O2S/c1-10(2)16(8-4-7-15)19(17,18)13-9-12(14)6-5-11(13)3/h5-6,9-10H,4,7-8,15H2,1-3H3. The molecule has 0 unspecified atom stereocenters. The average Bonchev–Trinajstić information content (AvgIpc) is 2.32. The molecule has 0 aliphatic carbocycles. The molecular formula is C13H21FN2O2S. The van der Waals surface area contributed by atoms with Crippen LogP contribution in [0.25, 0.3) is 0 Å². The molecule has 1 aromatic carbocycles. The predicted octanol–water partition coefficient (Wildman–Crippen LogP) is 1.88. The Bertz CT molecular complexity index is 529. The third-order valence-corrected chi connectivity index (χ3v) is 5.11. The topological polar surface area (TPSA) is 63.4 Å². The van der Waals surface area contributed by atoms with Crippen molar-refractivity contribution in [1.82, 2.24) is 4.31 Å². The molecule has 0 aromatic heterocycles. The molecule has 0 fully saturated rings. The SMILES string of the molecule is Cc1ccc(F)cc1S(=O)(=O)N(CCCN)C(C)C. The van der Waals surface area contributed by atoms with Crippen LogP contribution in [-0.2, 0) is 10.0 Å². The smallest absolute Gasteiger partial charge is 0.243 e. The van der Waals surface area contributed by atoms with E-state index >= 15 is 0 Å². The Kier molecular flexibility index (Phi) is 5.46. The number of halogens is 1. The molecule has 1 aromatic rings. The summed E-state index contributed by atoms with van der Waals surface area (Å²) in [6.45, 7) is 6.01. The minimum absolute atomic E-state index is 0.0261.